The summed E-state index contributed by atoms with van der Waals surface area (Å²) in [6.45, 7) is 3.23. The molecule has 0 aliphatic rings. The second kappa shape index (κ2) is 5.56. The molecular weight excluding hydrogens is 268 g/mol. The van der Waals surface area contributed by atoms with Crippen molar-refractivity contribution >= 4 is 15.7 Å². The first kappa shape index (κ1) is 15.4. The van der Waals surface area contributed by atoms with Crippen molar-refractivity contribution in [1.29, 1.82) is 0 Å². The van der Waals surface area contributed by atoms with Crippen LogP contribution in [0.1, 0.15) is 24.2 Å². The van der Waals surface area contributed by atoms with Crippen LogP contribution in [0.15, 0.2) is 18.5 Å². The Kier molecular flexibility index (Phi) is 4.52. The molecule has 0 spiro atoms. The van der Waals surface area contributed by atoms with E-state index in [2.05, 4.69) is 4.98 Å². The third-order valence-electron chi connectivity index (χ3n) is 3.26. The number of aromatic hydroxyl groups is 1. The predicted molar refractivity (Wildman–Crippen MR) is 71.8 cm³/mol. The first-order chi connectivity index (χ1) is 8.64. The van der Waals surface area contributed by atoms with E-state index in [1.807, 2.05) is 0 Å². The van der Waals surface area contributed by atoms with Gasteiger partial charge in [-0.3, -0.25) is 9.78 Å². The number of pyridine rings is 1. The first-order valence-corrected chi connectivity index (χ1v) is 7.70. The maximum atomic E-state index is 12.1. The number of aromatic nitrogens is 1. The summed E-state index contributed by atoms with van der Waals surface area (Å²) in [7, 11) is -1.70. The third kappa shape index (κ3) is 3.66. The minimum atomic E-state index is -3.23. The molecule has 0 saturated heterocycles. The Hall–Kier alpha value is -1.63. The van der Waals surface area contributed by atoms with E-state index in [1.54, 1.807) is 13.8 Å². The molecule has 1 aromatic heterocycles. The van der Waals surface area contributed by atoms with E-state index in [9.17, 15) is 18.3 Å². The zero-order valence-electron chi connectivity index (χ0n) is 11.4. The lowest BCUT2D eigenvalue weighted by atomic mass is 10.2. The minimum absolute atomic E-state index is 0.108. The van der Waals surface area contributed by atoms with Gasteiger partial charge in [-0.25, -0.2) is 8.42 Å². The van der Waals surface area contributed by atoms with Crippen LogP contribution in [-0.4, -0.2) is 53.9 Å². The quantitative estimate of drug-likeness (QED) is 0.879. The van der Waals surface area contributed by atoms with Crippen molar-refractivity contribution in [3.63, 3.8) is 0 Å². The first-order valence-electron chi connectivity index (χ1n) is 5.74. The minimum Gasteiger partial charge on any atom is -0.506 e. The molecule has 106 valence electrons. The summed E-state index contributed by atoms with van der Waals surface area (Å²) in [6, 6.07) is 0.814. The smallest absolute Gasteiger partial charge is 0.255 e. The van der Waals surface area contributed by atoms with E-state index in [-0.39, 0.29) is 17.2 Å². The monoisotopic (exact) mass is 286 g/mol. The molecule has 19 heavy (non-hydrogen) atoms. The Labute approximate surface area is 113 Å². The molecule has 2 atom stereocenters. The number of hydrogen-bond donors (Lipinski definition) is 1. The van der Waals surface area contributed by atoms with Crippen molar-refractivity contribution in [1.82, 2.24) is 9.88 Å². The Morgan fingerprint density at radius 2 is 1.95 bits per heavy atom. The Bertz CT molecular complexity index is 571. The van der Waals surface area contributed by atoms with Crippen molar-refractivity contribution in [3.8, 4) is 5.75 Å². The van der Waals surface area contributed by atoms with E-state index < -0.39 is 21.1 Å². The van der Waals surface area contributed by atoms with Crippen LogP contribution in [0.25, 0.3) is 0 Å². The molecule has 2 unspecified atom stereocenters. The van der Waals surface area contributed by atoms with Crippen LogP contribution in [0.2, 0.25) is 0 Å². The SMILES string of the molecule is CC(C(C)S(C)(=O)=O)N(C)C(=O)c1cncc(O)c1. The molecule has 1 aromatic rings. The van der Waals surface area contributed by atoms with Crippen molar-refractivity contribution < 1.29 is 18.3 Å². The van der Waals surface area contributed by atoms with Gasteiger partial charge in [0.1, 0.15) is 5.75 Å². The average molecular weight is 286 g/mol. The fourth-order valence-electron chi connectivity index (χ4n) is 1.61. The van der Waals surface area contributed by atoms with Crippen LogP contribution in [0.5, 0.6) is 5.75 Å². The zero-order valence-corrected chi connectivity index (χ0v) is 12.2. The molecule has 0 saturated carbocycles. The molecule has 0 aromatic carbocycles. The van der Waals surface area contributed by atoms with Crippen LogP contribution in [0.3, 0.4) is 0 Å². The highest BCUT2D eigenvalue weighted by atomic mass is 32.2. The molecular formula is C12H18N2O4S. The predicted octanol–water partition coefficient (Wildman–Crippen LogP) is 0.681. The van der Waals surface area contributed by atoms with E-state index in [4.69, 9.17) is 0 Å². The highest BCUT2D eigenvalue weighted by molar-refractivity contribution is 7.91. The number of sulfone groups is 1. The van der Waals surface area contributed by atoms with Gasteiger partial charge in [-0.15, -0.1) is 0 Å². The molecule has 7 heteroatoms. The molecule has 6 nitrogen and oxygen atoms in total. The molecule has 1 amide bonds. The second-order valence-electron chi connectivity index (χ2n) is 4.62. The van der Waals surface area contributed by atoms with E-state index in [1.165, 1.54) is 30.4 Å². The van der Waals surface area contributed by atoms with Crippen molar-refractivity contribution in [2.75, 3.05) is 13.3 Å². The van der Waals surface area contributed by atoms with Gasteiger partial charge in [-0.2, -0.15) is 0 Å². The number of rotatable bonds is 4. The largest absolute Gasteiger partial charge is 0.506 e. The van der Waals surface area contributed by atoms with Crippen LogP contribution in [-0.2, 0) is 9.84 Å². The van der Waals surface area contributed by atoms with Crippen LogP contribution >= 0.6 is 0 Å². The third-order valence-corrected chi connectivity index (χ3v) is 5.00. The average Bonchev–Trinajstić information content (AvgIpc) is 2.34. The maximum absolute atomic E-state index is 12.1. The van der Waals surface area contributed by atoms with E-state index >= 15 is 0 Å². The standard InChI is InChI=1S/C12H18N2O4S/c1-8(9(2)19(4,17)18)14(3)12(16)10-5-11(15)7-13-6-10/h5-9,15H,1-4H3. The number of amides is 1. The fourth-order valence-corrected chi connectivity index (χ4v) is 2.50. The summed E-state index contributed by atoms with van der Waals surface area (Å²) in [5, 5.41) is 8.62. The van der Waals surface area contributed by atoms with Crippen molar-refractivity contribution in [2.24, 2.45) is 0 Å². The topological polar surface area (TPSA) is 87.6 Å². The van der Waals surface area contributed by atoms with Crippen LogP contribution < -0.4 is 0 Å². The summed E-state index contributed by atoms with van der Waals surface area (Å²) >= 11 is 0. The lowest BCUT2D eigenvalue weighted by Gasteiger charge is -2.28. The van der Waals surface area contributed by atoms with Gasteiger partial charge in [0.15, 0.2) is 9.84 Å². The van der Waals surface area contributed by atoms with Gasteiger partial charge >= 0.3 is 0 Å². The zero-order chi connectivity index (χ0) is 14.8. The molecule has 0 bridgehead atoms. The Morgan fingerprint density at radius 3 is 2.42 bits per heavy atom. The maximum Gasteiger partial charge on any atom is 0.255 e. The molecule has 1 N–H and O–H groups in total. The van der Waals surface area contributed by atoms with Gasteiger partial charge in [0.25, 0.3) is 5.91 Å². The highest BCUT2D eigenvalue weighted by Crippen LogP contribution is 2.15. The van der Waals surface area contributed by atoms with Crippen molar-refractivity contribution in [3.05, 3.63) is 24.0 Å². The molecule has 1 rings (SSSR count). The summed E-state index contributed by atoms with van der Waals surface area (Å²) in [4.78, 5) is 17.2. The summed E-state index contributed by atoms with van der Waals surface area (Å²) in [5.41, 5.74) is 0.218. The van der Waals surface area contributed by atoms with Gasteiger partial charge < -0.3 is 10.0 Å². The number of carbonyl (C=O) groups excluding carboxylic acids is 1. The van der Waals surface area contributed by atoms with Gasteiger partial charge in [0, 0.05) is 25.5 Å². The van der Waals surface area contributed by atoms with Gasteiger partial charge in [-0.05, 0) is 19.9 Å². The highest BCUT2D eigenvalue weighted by Gasteiger charge is 2.28. The number of hydrogen-bond acceptors (Lipinski definition) is 5. The Morgan fingerprint density at radius 1 is 1.37 bits per heavy atom. The normalized spacial score (nSPS) is 14.7. The lowest BCUT2D eigenvalue weighted by Crippen LogP contribution is -2.44. The molecule has 0 aliphatic heterocycles. The molecule has 0 aliphatic carbocycles. The second-order valence-corrected chi connectivity index (χ2v) is 7.03. The lowest BCUT2D eigenvalue weighted by molar-refractivity contribution is 0.0742. The summed E-state index contributed by atoms with van der Waals surface area (Å²) in [5.74, 6) is -0.491. The summed E-state index contributed by atoms with van der Waals surface area (Å²) < 4.78 is 23.0. The summed E-state index contributed by atoms with van der Waals surface area (Å²) in [6.07, 6.45) is 3.69. The van der Waals surface area contributed by atoms with Crippen molar-refractivity contribution in [2.45, 2.75) is 25.1 Å². The molecule has 0 radical (unpaired) electrons. The van der Waals surface area contributed by atoms with Crippen LogP contribution in [0, 0.1) is 0 Å². The molecule has 1 heterocycles. The fraction of sp³-hybridized carbons (Fsp3) is 0.500. The van der Waals surface area contributed by atoms with E-state index in [0.717, 1.165) is 6.26 Å². The number of carbonyl (C=O) groups is 1. The number of nitrogens with zero attached hydrogens (tertiary/aromatic N) is 2. The van der Waals surface area contributed by atoms with Crippen LogP contribution in [0.4, 0.5) is 0 Å². The molecule has 0 fully saturated rings. The van der Waals surface area contributed by atoms with Gasteiger partial charge in [-0.1, -0.05) is 0 Å². The van der Waals surface area contributed by atoms with Gasteiger partial charge in [0.05, 0.1) is 17.0 Å². The Balaban J connectivity index is 2.94. The van der Waals surface area contributed by atoms with Gasteiger partial charge in [0.2, 0.25) is 0 Å². The van der Waals surface area contributed by atoms with E-state index in [0.29, 0.717) is 0 Å².